The number of rotatable bonds is 10. The van der Waals surface area contributed by atoms with Crippen molar-refractivity contribution in [2.45, 2.75) is 44.0 Å². The average molecular weight is 499 g/mol. The Balaban J connectivity index is 1.49. The van der Waals surface area contributed by atoms with Gasteiger partial charge < -0.3 is 14.4 Å². The molecule has 0 aliphatic carbocycles. The minimum absolute atomic E-state index is 0.0168. The molecule has 9 heteroatoms. The highest BCUT2D eigenvalue weighted by atomic mass is 35.5. The van der Waals surface area contributed by atoms with Gasteiger partial charge in [-0.15, -0.1) is 0 Å². The standard InChI is InChI=1S/C24H32ClFN2O4S/c1-17-18(2)24(32-15-14-31-3)7-4-19(17)8-11-28-12-9-20(10-13-28)27-33(29,30)21-5-6-23(26)22(25)16-21/h4-7,16,20,27H,8-15H2,1-3H3. The van der Waals surface area contributed by atoms with Crippen molar-refractivity contribution in [1.82, 2.24) is 9.62 Å². The van der Waals surface area contributed by atoms with Crippen molar-refractivity contribution in [3.8, 4) is 5.75 Å². The summed E-state index contributed by atoms with van der Waals surface area (Å²) in [7, 11) is -2.08. The Labute approximate surface area is 201 Å². The molecule has 0 amide bonds. The van der Waals surface area contributed by atoms with E-state index in [1.807, 2.05) is 6.07 Å². The molecule has 1 aliphatic rings. The number of hydrogen-bond acceptors (Lipinski definition) is 5. The molecule has 1 aliphatic heterocycles. The molecule has 1 N–H and O–H groups in total. The Hall–Kier alpha value is -1.71. The minimum atomic E-state index is -3.73. The van der Waals surface area contributed by atoms with E-state index in [1.54, 1.807) is 7.11 Å². The number of piperidine rings is 1. The smallest absolute Gasteiger partial charge is 0.240 e. The third-order valence-electron chi connectivity index (χ3n) is 6.20. The number of ether oxygens (including phenoxy) is 2. The van der Waals surface area contributed by atoms with Crippen LogP contribution in [0.3, 0.4) is 0 Å². The van der Waals surface area contributed by atoms with E-state index < -0.39 is 15.8 Å². The predicted octanol–water partition coefficient (Wildman–Crippen LogP) is 4.11. The fourth-order valence-corrected chi connectivity index (χ4v) is 5.57. The quantitative estimate of drug-likeness (QED) is 0.499. The zero-order valence-corrected chi connectivity index (χ0v) is 20.9. The number of nitrogens with zero attached hydrogens (tertiary/aromatic N) is 1. The first-order valence-electron chi connectivity index (χ1n) is 11.1. The zero-order valence-electron chi connectivity index (χ0n) is 19.4. The lowest BCUT2D eigenvalue weighted by Gasteiger charge is -2.32. The van der Waals surface area contributed by atoms with Crippen LogP contribution in [0.25, 0.3) is 0 Å². The van der Waals surface area contributed by atoms with E-state index in [4.69, 9.17) is 21.1 Å². The van der Waals surface area contributed by atoms with Gasteiger partial charge in [-0.25, -0.2) is 17.5 Å². The number of hydrogen-bond donors (Lipinski definition) is 1. The van der Waals surface area contributed by atoms with Gasteiger partial charge in [0.2, 0.25) is 10.0 Å². The number of sulfonamides is 1. The lowest BCUT2D eigenvalue weighted by molar-refractivity contribution is 0.146. The molecule has 0 bridgehead atoms. The molecule has 1 heterocycles. The first kappa shape index (κ1) is 25.9. The second kappa shape index (κ2) is 11.6. The van der Waals surface area contributed by atoms with Crippen molar-refractivity contribution in [2.75, 3.05) is 40.0 Å². The van der Waals surface area contributed by atoms with Gasteiger partial charge in [0.1, 0.15) is 18.2 Å². The van der Waals surface area contributed by atoms with E-state index in [-0.39, 0.29) is 16.0 Å². The Morgan fingerprint density at radius 2 is 1.85 bits per heavy atom. The topological polar surface area (TPSA) is 67.9 Å². The number of benzene rings is 2. The van der Waals surface area contributed by atoms with Gasteiger partial charge in [-0.2, -0.15) is 0 Å². The molecule has 33 heavy (non-hydrogen) atoms. The molecule has 1 fully saturated rings. The highest BCUT2D eigenvalue weighted by molar-refractivity contribution is 7.89. The molecule has 0 atom stereocenters. The summed E-state index contributed by atoms with van der Waals surface area (Å²) in [6.07, 6.45) is 2.37. The van der Waals surface area contributed by atoms with E-state index in [2.05, 4.69) is 29.5 Å². The summed E-state index contributed by atoms with van der Waals surface area (Å²) in [5, 5.41) is -0.201. The maximum absolute atomic E-state index is 13.3. The molecule has 2 aromatic carbocycles. The normalized spacial score (nSPS) is 15.7. The first-order valence-corrected chi connectivity index (χ1v) is 13.0. The Morgan fingerprint density at radius 1 is 1.12 bits per heavy atom. The maximum Gasteiger partial charge on any atom is 0.240 e. The van der Waals surface area contributed by atoms with Gasteiger partial charge >= 0.3 is 0 Å². The molecule has 0 aromatic heterocycles. The van der Waals surface area contributed by atoms with E-state index in [1.165, 1.54) is 17.2 Å². The number of likely N-dealkylation sites (tertiary alicyclic amines) is 1. The maximum atomic E-state index is 13.3. The van der Waals surface area contributed by atoms with Gasteiger partial charge in [-0.05, 0) is 87.2 Å². The monoisotopic (exact) mass is 498 g/mol. The fraction of sp³-hybridized carbons (Fsp3) is 0.500. The molecule has 6 nitrogen and oxygen atoms in total. The van der Waals surface area contributed by atoms with Crippen LogP contribution in [0.2, 0.25) is 5.02 Å². The van der Waals surface area contributed by atoms with E-state index in [0.717, 1.165) is 62.3 Å². The lowest BCUT2D eigenvalue weighted by Crippen LogP contribution is -2.45. The minimum Gasteiger partial charge on any atom is -0.491 e. The van der Waals surface area contributed by atoms with Crippen LogP contribution in [0, 0.1) is 19.7 Å². The van der Waals surface area contributed by atoms with Crippen LogP contribution in [0.1, 0.15) is 29.5 Å². The van der Waals surface area contributed by atoms with Crippen molar-refractivity contribution in [1.29, 1.82) is 0 Å². The Bertz CT molecular complexity index is 1060. The summed E-state index contributed by atoms with van der Waals surface area (Å²) in [4.78, 5) is 2.34. The van der Waals surface area contributed by atoms with Crippen molar-refractivity contribution in [3.63, 3.8) is 0 Å². The van der Waals surface area contributed by atoms with Crippen LogP contribution in [0.4, 0.5) is 4.39 Å². The second-order valence-corrected chi connectivity index (χ2v) is 10.5. The van der Waals surface area contributed by atoms with Gasteiger partial charge in [-0.1, -0.05) is 17.7 Å². The fourth-order valence-electron chi connectivity index (χ4n) is 4.00. The van der Waals surface area contributed by atoms with Crippen molar-refractivity contribution in [3.05, 3.63) is 57.9 Å². The molecule has 0 spiro atoms. The van der Waals surface area contributed by atoms with E-state index in [9.17, 15) is 12.8 Å². The number of halogens is 2. The third kappa shape index (κ3) is 6.90. The Morgan fingerprint density at radius 3 is 2.52 bits per heavy atom. The average Bonchev–Trinajstić information content (AvgIpc) is 2.79. The largest absolute Gasteiger partial charge is 0.491 e. The highest BCUT2D eigenvalue weighted by Crippen LogP contribution is 2.25. The van der Waals surface area contributed by atoms with Crippen LogP contribution in [0.5, 0.6) is 5.75 Å². The van der Waals surface area contributed by atoms with Crippen LogP contribution in [-0.2, 0) is 21.2 Å². The van der Waals surface area contributed by atoms with Crippen LogP contribution < -0.4 is 9.46 Å². The molecule has 0 saturated carbocycles. The van der Waals surface area contributed by atoms with Crippen LogP contribution in [-0.4, -0.2) is 59.3 Å². The second-order valence-electron chi connectivity index (χ2n) is 8.38. The summed E-state index contributed by atoms with van der Waals surface area (Å²) in [6.45, 7) is 7.83. The molecule has 2 aromatic rings. The van der Waals surface area contributed by atoms with Crippen molar-refractivity contribution in [2.24, 2.45) is 0 Å². The molecular weight excluding hydrogens is 467 g/mol. The summed E-state index contributed by atoms with van der Waals surface area (Å²) >= 11 is 5.74. The molecule has 182 valence electrons. The summed E-state index contributed by atoms with van der Waals surface area (Å²) < 4.78 is 52.1. The summed E-state index contributed by atoms with van der Waals surface area (Å²) in [5.74, 6) is 0.256. The predicted molar refractivity (Wildman–Crippen MR) is 128 cm³/mol. The molecular formula is C24H32ClFN2O4S. The van der Waals surface area contributed by atoms with Crippen LogP contribution >= 0.6 is 11.6 Å². The number of nitrogens with one attached hydrogen (secondary N) is 1. The first-order chi connectivity index (χ1) is 15.7. The summed E-state index contributed by atoms with van der Waals surface area (Å²) in [5.41, 5.74) is 3.69. The van der Waals surface area contributed by atoms with Gasteiger partial charge in [0, 0.05) is 19.7 Å². The highest BCUT2D eigenvalue weighted by Gasteiger charge is 2.25. The Kier molecular flexibility index (Phi) is 9.12. The molecule has 3 rings (SSSR count). The van der Waals surface area contributed by atoms with Gasteiger partial charge in [0.25, 0.3) is 0 Å². The van der Waals surface area contributed by atoms with Gasteiger partial charge in [-0.3, -0.25) is 0 Å². The summed E-state index contributed by atoms with van der Waals surface area (Å²) in [6, 6.07) is 7.45. The zero-order chi connectivity index (χ0) is 24.0. The number of methoxy groups -OCH3 is 1. The molecule has 0 unspecified atom stereocenters. The van der Waals surface area contributed by atoms with Crippen molar-refractivity contribution < 1.29 is 22.3 Å². The third-order valence-corrected chi connectivity index (χ3v) is 8.01. The van der Waals surface area contributed by atoms with Crippen molar-refractivity contribution >= 4 is 21.6 Å². The molecule has 0 radical (unpaired) electrons. The van der Waals surface area contributed by atoms with Gasteiger partial charge in [0.15, 0.2) is 0 Å². The van der Waals surface area contributed by atoms with E-state index in [0.29, 0.717) is 13.2 Å². The SMILES string of the molecule is COCCOc1ccc(CCN2CCC(NS(=O)(=O)c3ccc(F)c(Cl)c3)CC2)c(C)c1C. The van der Waals surface area contributed by atoms with E-state index >= 15 is 0 Å². The lowest BCUT2D eigenvalue weighted by atomic mass is 9.99. The molecule has 1 saturated heterocycles. The van der Waals surface area contributed by atoms with Crippen LogP contribution in [0.15, 0.2) is 35.2 Å². The van der Waals surface area contributed by atoms with Gasteiger partial charge in [0.05, 0.1) is 16.5 Å².